The molecule has 0 unspecified atom stereocenters. The van der Waals surface area contributed by atoms with Crippen LogP contribution in [-0.4, -0.2) is 64.6 Å². The highest BCUT2D eigenvalue weighted by atomic mass is 16.5. The molecule has 40 heavy (non-hydrogen) atoms. The first kappa shape index (κ1) is 30.6. The normalized spacial score (nSPS) is 18.2. The van der Waals surface area contributed by atoms with Crippen LogP contribution >= 0.6 is 0 Å². The average molecular weight is 559 g/mol. The predicted octanol–water partition coefficient (Wildman–Crippen LogP) is 4.43. The molecule has 1 aliphatic carbocycles. The minimum absolute atomic E-state index is 0.001000. The number of ether oxygens (including phenoxy) is 6. The van der Waals surface area contributed by atoms with Crippen LogP contribution < -0.4 is 23.7 Å². The van der Waals surface area contributed by atoms with Gasteiger partial charge in [-0.05, 0) is 29.7 Å². The first-order chi connectivity index (χ1) is 19.1. The van der Waals surface area contributed by atoms with Crippen LogP contribution in [0.5, 0.6) is 28.7 Å². The molecule has 0 saturated heterocycles. The summed E-state index contributed by atoms with van der Waals surface area (Å²) in [6, 6.07) is 6.05. The number of esters is 1. The number of benzene rings is 2. The highest BCUT2D eigenvalue weighted by Gasteiger charge is 2.56. The fourth-order valence-corrected chi connectivity index (χ4v) is 5.39. The van der Waals surface area contributed by atoms with Gasteiger partial charge in [-0.2, -0.15) is 0 Å². The number of methoxy groups -OCH3 is 6. The van der Waals surface area contributed by atoms with Gasteiger partial charge in [0, 0.05) is 17.5 Å². The lowest BCUT2D eigenvalue weighted by molar-refractivity contribution is -0.153. The van der Waals surface area contributed by atoms with E-state index in [4.69, 9.17) is 28.4 Å². The van der Waals surface area contributed by atoms with E-state index in [1.54, 1.807) is 12.1 Å². The van der Waals surface area contributed by atoms with E-state index in [0.717, 1.165) is 7.11 Å². The number of carbonyl (C=O) groups is 2. The Morgan fingerprint density at radius 2 is 1.45 bits per heavy atom. The molecule has 0 spiro atoms. The van der Waals surface area contributed by atoms with Gasteiger partial charge in [-0.1, -0.05) is 32.8 Å². The maximum atomic E-state index is 13.9. The molecule has 2 atom stereocenters. The molecule has 10 nitrogen and oxygen atoms in total. The van der Waals surface area contributed by atoms with Gasteiger partial charge in [-0.15, -0.1) is 0 Å². The maximum absolute atomic E-state index is 13.9. The molecule has 2 N–H and O–H groups in total. The van der Waals surface area contributed by atoms with Crippen LogP contribution in [0.1, 0.15) is 49.8 Å². The van der Waals surface area contributed by atoms with Crippen LogP contribution in [0, 0.1) is 11.8 Å². The minimum Gasteiger partial charge on any atom is -0.507 e. The molecule has 0 saturated carbocycles. The van der Waals surface area contributed by atoms with E-state index in [2.05, 4.69) is 0 Å². The molecule has 2 aromatic rings. The van der Waals surface area contributed by atoms with Gasteiger partial charge >= 0.3 is 5.97 Å². The molecule has 10 heteroatoms. The Morgan fingerprint density at radius 1 is 0.850 bits per heavy atom. The first-order valence-electron chi connectivity index (χ1n) is 13.0. The van der Waals surface area contributed by atoms with E-state index in [-0.39, 0.29) is 57.6 Å². The number of aliphatic hydroxyl groups is 2. The Hall–Kier alpha value is -3.92. The van der Waals surface area contributed by atoms with Crippen LogP contribution in [0.4, 0.5) is 0 Å². The Labute approximate surface area is 234 Å². The molecule has 1 aliphatic rings. The molecular weight excluding hydrogens is 520 g/mol. The van der Waals surface area contributed by atoms with Gasteiger partial charge < -0.3 is 38.6 Å². The quantitative estimate of drug-likeness (QED) is 0.361. The van der Waals surface area contributed by atoms with E-state index in [1.807, 2.05) is 13.8 Å². The lowest BCUT2D eigenvalue weighted by Crippen LogP contribution is -2.47. The zero-order valence-corrected chi connectivity index (χ0v) is 24.2. The van der Waals surface area contributed by atoms with E-state index >= 15 is 0 Å². The van der Waals surface area contributed by atoms with E-state index in [1.165, 1.54) is 47.7 Å². The SMILES string of the molecule is CCC(CC)CC(=O)C1=C(O)c2cc(OC)c(OC)c(OC)c2[C@@](O)(c2ccc(OC)c(OC)c2)[C@@H]1C(=O)OC. The number of hydrogen-bond donors (Lipinski definition) is 2. The molecule has 2 aromatic carbocycles. The highest BCUT2D eigenvalue weighted by molar-refractivity contribution is 6.08. The predicted molar refractivity (Wildman–Crippen MR) is 147 cm³/mol. The Morgan fingerprint density at radius 3 is 1.95 bits per heavy atom. The van der Waals surface area contributed by atoms with Gasteiger partial charge in [-0.3, -0.25) is 9.59 Å². The fourth-order valence-electron chi connectivity index (χ4n) is 5.39. The smallest absolute Gasteiger partial charge is 0.317 e. The van der Waals surface area contributed by atoms with Gasteiger partial charge in [0.05, 0.1) is 48.2 Å². The van der Waals surface area contributed by atoms with Crippen LogP contribution in [0.15, 0.2) is 29.8 Å². The molecule has 0 heterocycles. The second-order valence-corrected chi connectivity index (χ2v) is 9.43. The number of rotatable bonds is 12. The lowest BCUT2D eigenvalue weighted by atomic mass is 9.65. The van der Waals surface area contributed by atoms with Crippen molar-refractivity contribution in [1.29, 1.82) is 0 Å². The van der Waals surface area contributed by atoms with Crippen molar-refractivity contribution in [3.63, 3.8) is 0 Å². The molecular formula is C30H38O10. The summed E-state index contributed by atoms with van der Waals surface area (Å²) in [5.41, 5.74) is -2.37. The summed E-state index contributed by atoms with van der Waals surface area (Å²) in [5, 5.41) is 24.5. The second-order valence-electron chi connectivity index (χ2n) is 9.43. The fraction of sp³-hybridized carbons (Fsp3) is 0.467. The summed E-state index contributed by atoms with van der Waals surface area (Å²) in [5.74, 6) is -2.62. The van der Waals surface area contributed by atoms with Crippen molar-refractivity contribution in [3.8, 4) is 28.7 Å². The van der Waals surface area contributed by atoms with Crippen LogP contribution in [-0.2, 0) is 19.9 Å². The van der Waals surface area contributed by atoms with Gasteiger partial charge in [0.2, 0.25) is 5.75 Å². The molecule has 0 bridgehead atoms. The number of Topliss-reactive ketones (excluding diaryl/α,β-unsaturated/α-hetero) is 1. The minimum atomic E-state index is -2.29. The van der Waals surface area contributed by atoms with Crippen molar-refractivity contribution >= 4 is 17.5 Å². The van der Waals surface area contributed by atoms with E-state index < -0.39 is 29.0 Å². The zero-order valence-electron chi connectivity index (χ0n) is 24.2. The molecule has 0 amide bonds. The van der Waals surface area contributed by atoms with Gasteiger partial charge in [0.25, 0.3) is 0 Å². The standard InChI is InChI=1S/C30H38O10/c1-9-16(10-2)13-19(31)23-25(29(33)40-8)30(34,17-11-12-20(35-3)21(14-17)36-4)24-18(26(23)32)15-22(37-5)27(38-6)28(24)39-7/h11-12,14-16,25,32,34H,9-10,13H2,1-8H3/t25-,30-/m0/s1. The second kappa shape index (κ2) is 12.5. The van der Waals surface area contributed by atoms with Crippen molar-refractivity contribution in [2.45, 2.75) is 38.7 Å². The topological polar surface area (TPSA) is 130 Å². The Kier molecular flexibility index (Phi) is 9.57. The third kappa shape index (κ3) is 4.92. The van der Waals surface area contributed by atoms with Crippen molar-refractivity contribution < 1.29 is 48.2 Å². The van der Waals surface area contributed by atoms with Crippen molar-refractivity contribution in [2.24, 2.45) is 11.8 Å². The van der Waals surface area contributed by atoms with Crippen molar-refractivity contribution in [3.05, 3.63) is 46.5 Å². The summed E-state index contributed by atoms with van der Waals surface area (Å²) >= 11 is 0. The third-order valence-electron chi connectivity index (χ3n) is 7.62. The summed E-state index contributed by atoms with van der Waals surface area (Å²) in [7, 11) is 8.21. The monoisotopic (exact) mass is 558 g/mol. The number of fused-ring (bicyclic) bond motifs is 1. The average Bonchev–Trinajstić information content (AvgIpc) is 2.98. The number of carbonyl (C=O) groups excluding carboxylic acids is 2. The number of aliphatic hydroxyl groups excluding tert-OH is 1. The summed E-state index contributed by atoms with van der Waals surface area (Å²) in [6.45, 7) is 3.93. The zero-order chi connectivity index (χ0) is 29.8. The molecule has 0 radical (unpaired) electrons. The third-order valence-corrected chi connectivity index (χ3v) is 7.62. The van der Waals surface area contributed by atoms with Crippen LogP contribution in [0.2, 0.25) is 0 Å². The Balaban J connectivity index is 2.56. The summed E-state index contributed by atoms with van der Waals surface area (Å²) < 4.78 is 32.7. The van der Waals surface area contributed by atoms with Crippen molar-refractivity contribution in [2.75, 3.05) is 42.7 Å². The van der Waals surface area contributed by atoms with Crippen molar-refractivity contribution in [1.82, 2.24) is 0 Å². The molecule has 3 rings (SSSR count). The molecule has 0 fully saturated rings. The summed E-state index contributed by atoms with van der Waals surface area (Å²) in [4.78, 5) is 27.5. The van der Waals surface area contributed by atoms with E-state index in [9.17, 15) is 19.8 Å². The van der Waals surface area contributed by atoms with Gasteiger partial charge in [-0.25, -0.2) is 0 Å². The van der Waals surface area contributed by atoms with Gasteiger partial charge in [0.1, 0.15) is 17.3 Å². The number of ketones is 1. The highest BCUT2D eigenvalue weighted by Crippen LogP contribution is 2.57. The lowest BCUT2D eigenvalue weighted by Gasteiger charge is -2.42. The Bertz CT molecular complexity index is 1290. The van der Waals surface area contributed by atoms with Gasteiger partial charge in [0.15, 0.2) is 28.8 Å². The number of hydrogen-bond acceptors (Lipinski definition) is 10. The largest absolute Gasteiger partial charge is 0.507 e. The summed E-state index contributed by atoms with van der Waals surface area (Å²) in [6.07, 6.45) is 1.49. The van der Waals surface area contributed by atoms with Crippen LogP contribution in [0.25, 0.3) is 5.76 Å². The van der Waals surface area contributed by atoms with E-state index in [0.29, 0.717) is 18.6 Å². The first-order valence-corrected chi connectivity index (χ1v) is 13.0. The molecule has 0 aliphatic heterocycles. The van der Waals surface area contributed by atoms with Crippen LogP contribution in [0.3, 0.4) is 0 Å². The molecule has 0 aromatic heterocycles. The molecule has 218 valence electrons. The maximum Gasteiger partial charge on any atom is 0.317 e.